The quantitative estimate of drug-likeness (QED) is 0.594. The summed E-state index contributed by atoms with van der Waals surface area (Å²) in [7, 11) is 0. The van der Waals surface area contributed by atoms with Crippen molar-refractivity contribution in [3.8, 4) is 0 Å². The molecule has 3 heteroatoms. The molecule has 17 heavy (non-hydrogen) atoms. The van der Waals surface area contributed by atoms with Crippen molar-refractivity contribution in [3.63, 3.8) is 0 Å². The first kappa shape index (κ1) is 14.1. The number of rotatable bonds is 10. The third-order valence-corrected chi connectivity index (χ3v) is 3.18. The molecule has 1 heterocycles. The van der Waals surface area contributed by atoms with E-state index in [0.717, 1.165) is 5.69 Å². The molecule has 0 saturated carbocycles. The molecule has 0 aromatic carbocycles. The smallest absolute Gasteiger partial charge is 0.0725 e. The summed E-state index contributed by atoms with van der Waals surface area (Å²) in [6, 6.07) is 0.616. The minimum atomic E-state index is 0.616. The lowest BCUT2D eigenvalue weighted by molar-refractivity contribution is 0.526. The summed E-state index contributed by atoms with van der Waals surface area (Å²) >= 11 is 0. The maximum absolute atomic E-state index is 3.98. The van der Waals surface area contributed by atoms with Gasteiger partial charge in [-0.2, -0.15) is 5.10 Å². The van der Waals surface area contributed by atoms with Crippen LogP contribution < -0.4 is 5.32 Å². The Morgan fingerprint density at radius 2 is 1.76 bits per heavy atom. The highest BCUT2D eigenvalue weighted by Crippen LogP contribution is 2.15. The van der Waals surface area contributed by atoms with Crippen molar-refractivity contribution in [1.82, 2.24) is 10.2 Å². The van der Waals surface area contributed by atoms with Crippen LogP contribution in [0.4, 0.5) is 5.69 Å². The fraction of sp³-hybridized carbons (Fsp3) is 0.786. The van der Waals surface area contributed by atoms with E-state index in [4.69, 9.17) is 0 Å². The zero-order valence-corrected chi connectivity index (χ0v) is 11.3. The molecule has 0 bridgehead atoms. The predicted octanol–water partition coefficient (Wildman–Crippen LogP) is 4.35. The highest BCUT2D eigenvalue weighted by atomic mass is 15.1. The standard InChI is InChI=1S/C14H27N3/c1-3-5-7-9-13(10-8-6-4-2)17-14-11-15-16-12-14/h11-13,17H,3-10H2,1-2H3,(H,15,16). The summed E-state index contributed by atoms with van der Waals surface area (Å²) < 4.78 is 0. The van der Waals surface area contributed by atoms with Gasteiger partial charge in [0.05, 0.1) is 11.9 Å². The van der Waals surface area contributed by atoms with E-state index in [-0.39, 0.29) is 0 Å². The van der Waals surface area contributed by atoms with Gasteiger partial charge in [-0.15, -0.1) is 0 Å². The fourth-order valence-corrected chi connectivity index (χ4v) is 2.14. The molecule has 1 rings (SSSR count). The van der Waals surface area contributed by atoms with Gasteiger partial charge in [0.25, 0.3) is 0 Å². The third kappa shape index (κ3) is 6.35. The van der Waals surface area contributed by atoms with E-state index in [1.54, 1.807) is 0 Å². The molecule has 3 nitrogen and oxygen atoms in total. The minimum Gasteiger partial charge on any atom is -0.380 e. The maximum Gasteiger partial charge on any atom is 0.0725 e. The van der Waals surface area contributed by atoms with Crippen molar-refractivity contribution >= 4 is 5.69 Å². The maximum atomic E-state index is 3.98. The molecule has 1 aromatic rings. The number of unbranched alkanes of at least 4 members (excludes halogenated alkanes) is 4. The number of H-pyrrole nitrogens is 1. The molecule has 0 saturated heterocycles. The summed E-state index contributed by atoms with van der Waals surface area (Å²) in [6.07, 6.45) is 14.3. The van der Waals surface area contributed by atoms with Gasteiger partial charge >= 0.3 is 0 Å². The molecule has 0 radical (unpaired) electrons. The van der Waals surface area contributed by atoms with Crippen molar-refractivity contribution in [1.29, 1.82) is 0 Å². The number of aromatic amines is 1. The van der Waals surface area contributed by atoms with Crippen molar-refractivity contribution < 1.29 is 0 Å². The Morgan fingerprint density at radius 3 is 2.24 bits per heavy atom. The van der Waals surface area contributed by atoms with E-state index >= 15 is 0 Å². The van der Waals surface area contributed by atoms with Crippen LogP contribution >= 0.6 is 0 Å². The van der Waals surface area contributed by atoms with Crippen molar-refractivity contribution in [2.24, 2.45) is 0 Å². The van der Waals surface area contributed by atoms with Crippen LogP contribution in [0.5, 0.6) is 0 Å². The number of hydrogen-bond acceptors (Lipinski definition) is 2. The third-order valence-electron chi connectivity index (χ3n) is 3.18. The van der Waals surface area contributed by atoms with E-state index in [2.05, 4.69) is 29.4 Å². The summed E-state index contributed by atoms with van der Waals surface area (Å²) in [5, 5.41) is 10.4. The average Bonchev–Trinajstić information content (AvgIpc) is 2.82. The van der Waals surface area contributed by atoms with Gasteiger partial charge < -0.3 is 5.32 Å². The topological polar surface area (TPSA) is 40.7 Å². The average molecular weight is 237 g/mol. The second-order valence-electron chi connectivity index (χ2n) is 4.82. The number of hydrogen-bond donors (Lipinski definition) is 2. The van der Waals surface area contributed by atoms with Crippen LogP contribution in [0.1, 0.15) is 65.2 Å². The second kappa shape index (κ2) is 9.08. The first-order valence-electron chi connectivity index (χ1n) is 7.12. The number of aromatic nitrogens is 2. The van der Waals surface area contributed by atoms with Crippen LogP contribution in [0, 0.1) is 0 Å². The zero-order valence-electron chi connectivity index (χ0n) is 11.3. The Labute approximate surface area is 105 Å². The van der Waals surface area contributed by atoms with Crippen molar-refractivity contribution in [2.75, 3.05) is 5.32 Å². The molecule has 0 aliphatic heterocycles. The molecule has 0 unspecified atom stereocenters. The lowest BCUT2D eigenvalue weighted by Crippen LogP contribution is -2.19. The van der Waals surface area contributed by atoms with Gasteiger partial charge in [0.2, 0.25) is 0 Å². The SMILES string of the molecule is CCCCCC(CCCCC)Nc1cn[nH]c1. The van der Waals surface area contributed by atoms with Gasteiger partial charge in [0, 0.05) is 12.2 Å². The molecule has 0 aliphatic carbocycles. The van der Waals surface area contributed by atoms with Gasteiger partial charge in [-0.25, -0.2) is 0 Å². The Balaban J connectivity index is 2.29. The summed E-state index contributed by atoms with van der Waals surface area (Å²) in [4.78, 5) is 0. The van der Waals surface area contributed by atoms with Crippen LogP contribution in [0.15, 0.2) is 12.4 Å². The van der Waals surface area contributed by atoms with Crippen LogP contribution in [0.25, 0.3) is 0 Å². The first-order chi connectivity index (χ1) is 8.36. The monoisotopic (exact) mass is 237 g/mol. The Hall–Kier alpha value is -0.990. The molecule has 0 atom stereocenters. The second-order valence-corrected chi connectivity index (χ2v) is 4.82. The van der Waals surface area contributed by atoms with E-state index in [1.807, 2.05) is 12.4 Å². The molecule has 0 aliphatic rings. The van der Waals surface area contributed by atoms with E-state index < -0.39 is 0 Å². The normalized spacial score (nSPS) is 11.0. The molecular formula is C14H27N3. The summed E-state index contributed by atoms with van der Waals surface area (Å²) in [6.45, 7) is 4.52. The molecule has 0 spiro atoms. The fourth-order valence-electron chi connectivity index (χ4n) is 2.14. The van der Waals surface area contributed by atoms with Gasteiger partial charge in [-0.3, -0.25) is 5.10 Å². The largest absolute Gasteiger partial charge is 0.380 e. The van der Waals surface area contributed by atoms with Crippen molar-refractivity contribution in [2.45, 2.75) is 71.3 Å². The molecule has 98 valence electrons. The number of nitrogens with one attached hydrogen (secondary N) is 2. The zero-order chi connectivity index (χ0) is 12.3. The summed E-state index contributed by atoms with van der Waals surface area (Å²) in [5.41, 5.74) is 1.13. The van der Waals surface area contributed by atoms with Crippen LogP contribution in [-0.4, -0.2) is 16.2 Å². The molecule has 1 aromatic heterocycles. The van der Waals surface area contributed by atoms with Crippen molar-refractivity contribution in [3.05, 3.63) is 12.4 Å². The molecule has 0 amide bonds. The Kier molecular flexibility index (Phi) is 7.52. The highest BCUT2D eigenvalue weighted by molar-refractivity contribution is 5.38. The van der Waals surface area contributed by atoms with Gasteiger partial charge in [-0.1, -0.05) is 52.4 Å². The van der Waals surface area contributed by atoms with Crippen LogP contribution in [0.3, 0.4) is 0 Å². The molecule has 2 N–H and O–H groups in total. The first-order valence-corrected chi connectivity index (χ1v) is 7.12. The lowest BCUT2D eigenvalue weighted by Gasteiger charge is -2.18. The lowest BCUT2D eigenvalue weighted by atomic mass is 10.0. The Bertz CT molecular complexity index is 246. The van der Waals surface area contributed by atoms with Gasteiger partial charge in [0.1, 0.15) is 0 Å². The highest BCUT2D eigenvalue weighted by Gasteiger charge is 2.08. The summed E-state index contributed by atoms with van der Waals surface area (Å²) in [5.74, 6) is 0. The van der Waals surface area contributed by atoms with E-state index in [9.17, 15) is 0 Å². The molecule has 0 fully saturated rings. The van der Waals surface area contributed by atoms with Crippen LogP contribution in [0.2, 0.25) is 0 Å². The van der Waals surface area contributed by atoms with E-state index in [0.29, 0.717) is 6.04 Å². The molecular weight excluding hydrogens is 210 g/mol. The van der Waals surface area contributed by atoms with Gasteiger partial charge in [0.15, 0.2) is 0 Å². The number of nitrogens with zero attached hydrogens (tertiary/aromatic N) is 1. The van der Waals surface area contributed by atoms with E-state index in [1.165, 1.54) is 51.4 Å². The minimum absolute atomic E-state index is 0.616. The Morgan fingerprint density at radius 1 is 1.12 bits per heavy atom. The number of anilines is 1. The van der Waals surface area contributed by atoms with Crippen LogP contribution in [-0.2, 0) is 0 Å². The predicted molar refractivity (Wildman–Crippen MR) is 74.3 cm³/mol. The van der Waals surface area contributed by atoms with Gasteiger partial charge in [-0.05, 0) is 12.8 Å².